The average molecular weight is 415 g/mol. The van der Waals surface area contributed by atoms with Gasteiger partial charge in [-0.25, -0.2) is 4.79 Å². The SMILES string of the molecule is CCn1c(-c2ccccc2)c(C(=O)CN2C(=O)N[C@](C)(C3CC3)C2=O)c2ccccc21. The lowest BCUT2D eigenvalue weighted by Gasteiger charge is -2.20. The number of carbonyl (C=O) groups is 3. The topological polar surface area (TPSA) is 71.4 Å². The number of rotatable bonds is 6. The summed E-state index contributed by atoms with van der Waals surface area (Å²) in [6, 6.07) is 17.1. The second-order valence-corrected chi connectivity index (χ2v) is 8.57. The molecule has 5 rings (SSSR count). The van der Waals surface area contributed by atoms with Crippen molar-refractivity contribution in [3.63, 3.8) is 0 Å². The molecule has 158 valence electrons. The number of Topliss-reactive ketones (excluding diaryl/α,β-unsaturated/α-hetero) is 1. The van der Waals surface area contributed by atoms with Gasteiger partial charge in [-0.15, -0.1) is 0 Å². The molecule has 1 N–H and O–H groups in total. The van der Waals surface area contributed by atoms with E-state index in [0.29, 0.717) is 12.1 Å². The van der Waals surface area contributed by atoms with E-state index in [2.05, 4.69) is 9.88 Å². The summed E-state index contributed by atoms with van der Waals surface area (Å²) in [7, 11) is 0. The minimum Gasteiger partial charge on any atom is -0.340 e. The molecule has 2 fully saturated rings. The Balaban J connectivity index is 1.59. The zero-order chi connectivity index (χ0) is 21.8. The molecule has 2 aromatic carbocycles. The Labute approximate surface area is 180 Å². The van der Waals surface area contributed by atoms with E-state index in [4.69, 9.17) is 0 Å². The molecule has 3 amide bonds. The molecular weight excluding hydrogens is 390 g/mol. The molecule has 6 nitrogen and oxygen atoms in total. The largest absolute Gasteiger partial charge is 0.340 e. The van der Waals surface area contributed by atoms with Crippen molar-refractivity contribution in [1.29, 1.82) is 0 Å². The predicted octanol–water partition coefficient (Wildman–Crippen LogP) is 4.23. The Hall–Kier alpha value is -3.41. The van der Waals surface area contributed by atoms with E-state index in [9.17, 15) is 14.4 Å². The van der Waals surface area contributed by atoms with Gasteiger partial charge < -0.3 is 9.88 Å². The van der Waals surface area contributed by atoms with Gasteiger partial charge in [0.05, 0.1) is 17.8 Å². The van der Waals surface area contributed by atoms with Gasteiger partial charge in [0.15, 0.2) is 5.78 Å². The number of imide groups is 1. The van der Waals surface area contributed by atoms with Crippen molar-refractivity contribution in [1.82, 2.24) is 14.8 Å². The van der Waals surface area contributed by atoms with Gasteiger partial charge in [0.1, 0.15) is 5.54 Å². The monoisotopic (exact) mass is 415 g/mol. The summed E-state index contributed by atoms with van der Waals surface area (Å²) in [6.07, 6.45) is 1.85. The Morgan fingerprint density at radius 2 is 1.74 bits per heavy atom. The van der Waals surface area contributed by atoms with E-state index < -0.39 is 11.6 Å². The number of para-hydroxylation sites is 1. The first-order chi connectivity index (χ1) is 15.0. The Morgan fingerprint density at radius 3 is 2.42 bits per heavy atom. The van der Waals surface area contributed by atoms with Gasteiger partial charge in [-0.05, 0) is 44.2 Å². The lowest BCUT2D eigenvalue weighted by Crippen LogP contribution is -2.46. The average Bonchev–Trinajstić information content (AvgIpc) is 3.55. The van der Waals surface area contributed by atoms with E-state index in [0.717, 1.165) is 39.9 Å². The zero-order valence-corrected chi connectivity index (χ0v) is 17.7. The number of nitrogens with one attached hydrogen (secondary N) is 1. The minimum atomic E-state index is -0.892. The quantitative estimate of drug-likeness (QED) is 0.484. The molecule has 0 unspecified atom stereocenters. The fourth-order valence-electron chi connectivity index (χ4n) is 4.83. The van der Waals surface area contributed by atoms with Gasteiger partial charge in [-0.2, -0.15) is 0 Å². The highest BCUT2D eigenvalue weighted by Crippen LogP contribution is 2.43. The fourth-order valence-corrected chi connectivity index (χ4v) is 4.83. The lowest BCUT2D eigenvalue weighted by atomic mass is 9.96. The summed E-state index contributed by atoms with van der Waals surface area (Å²) >= 11 is 0. The van der Waals surface area contributed by atoms with Crippen molar-refractivity contribution in [2.75, 3.05) is 6.54 Å². The Kier molecular flexibility index (Phi) is 4.46. The zero-order valence-electron chi connectivity index (χ0n) is 17.7. The first-order valence-electron chi connectivity index (χ1n) is 10.8. The number of fused-ring (bicyclic) bond motifs is 1. The highest BCUT2D eigenvalue weighted by Gasteiger charge is 2.56. The number of aromatic nitrogens is 1. The maximum Gasteiger partial charge on any atom is 0.325 e. The highest BCUT2D eigenvalue weighted by atomic mass is 16.2. The molecule has 0 radical (unpaired) electrons. The second-order valence-electron chi connectivity index (χ2n) is 8.57. The number of hydrogen-bond acceptors (Lipinski definition) is 3. The van der Waals surface area contributed by atoms with Gasteiger partial charge in [0.25, 0.3) is 5.91 Å². The summed E-state index contributed by atoms with van der Waals surface area (Å²) in [6.45, 7) is 4.25. The Morgan fingerprint density at radius 1 is 1.06 bits per heavy atom. The van der Waals surface area contributed by atoms with Gasteiger partial charge in [-0.1, -0.05) is 48.5 Å². The third kappa shape index (κ3) is 2.97. The summed E-state index contributed by atoms with van der Waals surface area (Å²) in [5.74, 6) is -0.370. The van der Waals surface area contributed by atoms with Gasteiger partial charge in [-0.3, -0.25) is 14.5 Å². The molecule has 1 saturated carbocycles. The van der Waals surface area contributed by atoms with Crippen molar-refractivity contribution in [3.8, 4) is 11.3 Å². The standard InChI is InChI=1S/C25H25N3O3/c1-3-27-19-12-8-7-11-18(19)21(22(27)16-9-5-4-6-10-16)20(29)15-28-23(30)25(2,17-13-14-17)26-24(28)31/h4-12,17H,3,13-15H2,1-2H3,(H,26,31)/t25-/m1/s1. The summed E-state index contributed by atoms with van der Waals surface area (Å²) < 4.78 is 2.12. The molecule has 1 atom stereocenters. The molecule has 1 aliphatic carbocycles. The van der Waals surface area contributed by atoms with Crippen LogP contribution in [-0.4, -0.2) is 39.3 Å². The molecule has 1 aromatic heterocycles. The fraction of sp³-hybridized carbons (Fsp3) is 0.320. The number of urea groups is 1. The third-order valence-corrected chi connectivity index (χ3v) is 6.61. The van der Waals surface area contributed by atoms with Crippen LogP contribution < -0.4 is 5.32 Å². The third-order valence-electron chi connectivity index (χ3n) is 6.61. The first-order valence-corrected chi connectivity index (χ1v) is 10.8. The first kappa shape index (κ1) is 19.5. The maximum atomic E-state index is 13.6. The van der Waals surface area contributed by atoms with Crippen molar-refractivity contribution in [3.05, 3.63) is 60.2 Å². The van der Waals surface area contributed by atoms with Crippen LogP contribution in [0.1, 0.15) is 37.0 Å². The normalized spacial score (nSPS) is 21.0. The molecule has 2 aliphatic rings. The van der Waals surface area contributed by atoms with Gasteiger partial charge in [0.2, 0.25) is 0 Å². The number of aryl methyl sites for hydroxylation is 1. The van der Waals surface area contributed by atoms with E-state index in [1.54, 1.807) is 6.92 Å². The van der Waals surface area contributed by atoms with Crippen molar-refractivity contribution >= 4 is 28.6 Å². The van der Waals surface area contributed by atoms with Crippen molar-refractivity contribution < 1.29 is 14.4 Å². The van der Waals surface area contributed by atoms with Crippen LogP contribution in [0.5, 0.6) is 0 Å². The van der Waals surface area contributed by atoms with Crippen LogP contribution in [-0.2, 0) is 11.3 Å². The smallest absolute Gasteiger partial charge is 0.325 e. The molecule has 31 heavy (non-hydrogen) atoms. The summed E-state index contributed by atoms with van der Waals surface area (Å²) in [5, 5.41) is 3.67. The predicted molar refractivity (Wildman–Crippen MR) is 119 cm³/mol. The molecule has 0 bridgehead atoms. The maximum absolute atomic E-state index is 13.6. The van der Waals surface area contributed by atoms with Crippen LogP contribution in [0.2, 0.25) is 0 Å². The van der Waals surface area contributed by atoms with E-state index in [1.165, 1.54) is 0 Å². The van der Waals surface area contributed by atoms with Crippen LogP contribution in [0.4, 0.5) is 4.79 Å². The molecule has 3 aromatic rings. The molecular formula is C25H25N3O3. The molecule has 0 spiro atoms. The van der Waals surface area contributed by atoms with Crippen molar-refractivity contribution in [2.45, 2.75) is 38.8 Å². The van der Waals surface area contributed by atoms with Crippen LogP contribution in [0, 0.1) is 5.92 Å². The second kappa shape index (κ2) is 7.08. The lowest BCUT2D eigenvalue weighted by molar-refractivity contribution is -0.131. The molecule has 1 aliphatic heterocycles. The molecule has 1 saturated heterocycles. The summed E-state index contributed by atoms with van der Waals surface area (Å²) in [5.41, 5.74) is 2.39. The number of benzene rings is 2. The number of amides is 3. The van der Waals surface area contributed by atoms with Crippen LogP contribution >= 0.6 is 0 Å². The molecule has 2 heterocycles. The van der Waals surface area contributed by atoms with Crippen molar-refractivity contribution in [2.24, 2.45) is 5.92 Å². The van der Waals surface area contributed by atoms with E-state index >= 15 is 0 Å². The Bertz CT molecular complexity index is 1210. The number of nitrogens with zero attached hydrogens (tertiary/aromatic N) is 2. The van der Waals surface area contributed by atoms with Crippen LogP contribution in [0.25, 0.3) is 22.2 Å². The molecule has 6 heteroatoms. The van der Waals surface area contributed by atoms with E-state index in [1.807, 2.05) is 61.5 Å². The number of carbonyl (C=O) groups excluding carboxylic acids is 3. The number of hydrogen-bond donors (Lipinski definition) is 1. The van der Waals surface area contributed by atoms with Crippen LogP contribution in [0.15, 0.2) is 54.6 Å². The minimum absolute atomic E-state index is 0.158. The van der Waals surface area contributed by atoms with Gasteiger partial charge in [0, 0.05) is 17.4 Å². The highest BCUT2D eigenvalue weighted by molar-refractivity contribution is 6.17. The van der Waals surface area contributed by atoms with Gasteiger partial charge >= 0.3 is 6.03 Å². The number of ketones is 1. The summed E-state index contributed by atoms with van der Waals surface area (Å²) in [4.78, 5) is 40.4. The van der Waals surface area contributed by atoms with E-state index in [-0.39, 0.29) is 24.2 Å². The van der Waals surface area contributed by atoms with Crippen LogP contribution in [0.3, 0.4) is 0 Å².